The fraction of sp³-hybridized carbons (Fsp3) is 0.0476. The van der Waals surface area contributed by atoms with Crippen LogP contribution in [-0.4, -0.2) is 36.9 Å². The molecule has 2 aromatic carbocycles. The average molecular weight is 435 g/mol. The fourth-order valence-electron chi connectivity index (χ4n) is 3.03. The normalized spacial score (nSPS) is 15.8. The molecule has 142 valence electrons. The minimum Gasteiger partial charge on any atom is -0.296 e. The van der Waals surface area contributed by atoms with Crippen molar-refractivity contribution in [1.29, 1.82) is 0 Å². The molecule has 5 rings (SSSR count). The van der Waals surface area contributed by atoms with E-state index in [1.807, 2.05) is 71.6 Å². The molecule has 8 heteroatoms. The van der Waals surface area contributed by atoms with E-state index >= 15 is 0 Å². The van der Waals surface area contributed by atoms with E-state index in [-0.39, 0.29) is 5.91 Å². The van der Waals surface area contributed by atoms with Gasteiger partial charge in [0.05, 0.1) is 20.8 Å². The summed E-state index contributed by atoms with van der Waals surface area (Å²) in [6, 6.07) is 17.9. The molecule has 1 amide bonds. The van der Waals surface area contributed by atoms with E-state index in [1.165, 1.54) is 16.7 Å². The number of carbonyl (C=O) groups is 1. The Balaban J connectivity index is 1.67. The monoisotopic (exact) mass is 434 g/mol. The molecule has 0 spiro atoms. The summed E-state index contributed by atoms with van der Waals surface area (Å²) in [6.07, 6.45) is 3.79. The van der Waals surface area contributed by atoms with Crippen molar-refractivity contribution in [3.63, 3.8) is 0 Å². The van der Waals surface area contributed by atoms with E-state index in [1.54, 1.807) is 18.4 Å². The Kier molecular flexibility index (Phi) is 4.54. The number of nitrogens with zero attached hydrogens (tertiary/aromatic N) is 4. The van der Waals surface area contributed by atoms with Crippen LogP contribution >= 0.6 is 35.3 Å². The molecule has 0 aliphatic carbocycles. The SMILES string of the molecule is CN1C(=O)C(=Cc2cn(-c3ccccc3)nc2-c2nc3ccccc3s2)SC1=S. The second-order valence-electron chi connectivity index (χ2n) is 6.44. The first kappa shape index (κ1) is 18.2. The van der Waals surface area contributed by atoms with E-state index in [0.29, 0.717) is 9.23 Å². The Labute approximate surface area is 180 Å². The third-order valence-electron chi connectivity index (χ3n) is 4.53. The van der Waals surface area contributed by atoms with Crippen molar-refractivity contribution in [2.24, 2.45) is 0 Å². The van der Waals surface area contributed by atoms with Crippen LogP contribution in [0.5, 0.6) is 0 Å². The zero-order valence-electron chi connectivity index (χ0n) is 15.3. The Hall–Kier alpha value is -2.81. The molecule has 4 aromatic rings. The standard InChI is InChI=1S/C21H14N4OS3/c1-24-20(26)17(29-21(24)27)11-13-12-25(14-7-3-2-4-8-14)23-18(13)19-22-15-9-5-6-10-16(15)28-19/h2-12H,1H3. The number of hydrogen-bond acceptors (Lipinski definition) is 6. The maximum Gasteiger partial charge on any atom is 0.265 e. The largest absolute Gasteiger partial charge is 0.296 e. The number of thiazole rings is 1. The van der Waals surface area contributed by atoms with Gasteiger partial charge in [-0.05, 0) is 30.3 Å². The van der Waals surface area contributed by atoms with Crippen LogP contribution in [0, 0.1) is 0 Å². The van der Waals surface area contributed by atoms with E-state index in [9.17, 15) is 4.79 Å². The number of para-hydroxylation sites is 2. The summed E-state index contributed by atoms with van der Waals surface area (Å²) in [6.45, 7) is 0. The van der Waals surface area contributed by atoms with Gasteiger partial charge in [0.2, 0.25) is 0 Å². The van der Waals surface area contributed by atoms with Crippen LogP contribution in [0.15, 0.2) is 65.7 Å². The van der Waals surface area contributed by atoms with Gasteiger partial charge < -0.3 is 0 Å². The third kappa shape index (κ3) is 3.29. The number of thiocarbonyl (C=S) groups is 1. The number of fused-ring (bicyclic) bond motifs is 1. The molecule has 1 aliphatic heterocycles. The lowest BCUT2D eigenvalue weighted by Crippen LogP contribution is -2.22. The van der Waals surface area contributed by atoms with Crippen LogP contribution in [0.1, 0.15) is 5.56 Å². The Morgan fingerprint density at radius 3 is 2.55 bits per heavy atom. The molecule has 1 aliphatic rings. The van der Waals surface area contributed by atoms with Gasteiger partial charge in [-0.15, -0.1) is 11.3 Å². The first-order chi connectivity index (χ1) is 14.1. The van der Waals surface area contributed by atoms with Crippen LogP contribution in [0.25, 0.3) is 32.7 Å². The summed E-state index contributed by atoms with van der Waals surface area (Å²) >= 11 is 8.15. The van der Waals surface area contributed by atoms with Crippen molar-refractivity contribution in [3.05, 3.63) is 71.3 Å². The number of carbonyl (C=O) groups excluding carboxylic acids is 1. The highest BCUT2D eigenvalue weighted by Crippen LogP contribution is 2.36. The zero-order chi connectivity index (χ0) is 20.0. The molecule has 2 aromatic heterocycles. The van der Waals surface area contributed by atoms with Crippen molar-refractivity contribution < 1.29 is 4.79 Å². The number of likely N-dealkylation sites (N-methyl/N-ethyl adjacent to an activating group) is 1. The van der Waals surface area contributed by atoms with Crippen LogP contribution < -0.4 is 0 Å². The predicted octanol–water partition coefficient (Wildman–Crippen LogP) is 4.98. The third-order valence-corrected chi connectivity index (χ3v) is 7.06. The van der Waals surface area contributed by atoms with Crippen LogP contribution in [0.2, 0.25) is 0 Å². The lowest BCUT2D eigenvalue weighted by atomic mass is 10.2. The van der Waals surface area contributed by atoms with Gasteiger partial charge in [-0.1, -0.05) is 54.3 Å². The molecular formula is C21H14N4OS3. The number of amides is 1. The van der Waals surface area contributed by atoms with Gasteiger partial charge in [0.15, 0.2) is 0 Å². The fourth-order valence-corrected chi connectivity index (χ4v) is 5.18. The van der Waals surface area contributed by atoms with Crippen molar-refractivity contribution in [3.8, 4) is 16.4 Å². The van der Waals surface area contributed by atoms with Crippen LogP contribution in [0.3, 0.4) is 0 Å². The molecular weight excluding hydrogens is 420 g/mol. The van der Waals surface area contributed by atoms with Crippen LogP contribution in [-0.2, 0) is 4.79 Å². The van der Waals surface area contributed by atoms with E-state index in [2.05, 4.69) is 0 Å². The molecule has 1 fully saturated rings. The minimum absolute atomic E-state index is 0.0947. The lowest BCUT2D eigenvalue weighted by Gasteiger charge is -2.03. The summed E-state index contributed by atoms with van der Waals surface area (Å²) in [5.41, 5.74) is 3.46. The lowest BCUT2D eigenvalue weighted by molar-refractivity contribution is -0.121. The number of hydrogen-bond donors (Lipinski definition) is 0. The highest BCUT2D eigenvalue weighted by molar-refractivity contribution is 8.26. The van der Waals surface area contributed by atoms with Gasteiger partial charge in [-0.3, -0.25) is 9.69 Å². The summed E-state index contributed by atoms with van der Waals surface area (Å²) in [5, 5.41) is 5.62. The highest BCUT2D eigenvalue weighted by Gasteiger charge is 2.29. The maximum atomic E-state index is 12.5. The maximum absolute atomic E-state index is 12.5. The summed E-state index contributed by atoms with van der Waals surface area (Å²) < 4.78 is 3.47. The summed E-state index contributed by atoms with van der Waals surface area (Å²) in [5.74, 6) is -0.0947. The molecule has 3 heterocycles. The molecule has 0 bridgehead atoms. The molecule has 29 heavy (non-hydrogen) atoms. The van der Waals surface area contributed by atoms with Crippen molar-refractivity contribution in [2.45, 2.75) is 0 Å². The van der Waals surface area contributed by atoms with Gasteiger partial charge in [0, 0.05) is 18.8 Å². The first-order valence-electron chi connectivity index (χ1n) is 8.83. The Bertz CT molecular complexity index is 1260. The van der Waals surface area contributed by atoms with Gasteiger partial charge in [-0.25, -0.2) is 9.67 Å². The van der Waals surface area contributed by atoms with Gasteiger partial charge in [0.1, 0.15) is 15.0 Å². The number of rotatable bonds is 3. The Morgan fingerprint density at radius 1 is 1.07 bits per heavy atom. The Morgan fingerprint density at radius 2 is 1.83 bits per heavy atom. The smallest absolute Gasteiger partial charge is 0.265 e. The molecule has 5 nitrogen and oxygen atoms in total. The first-order valence-corrected chi connectivity index (χ1v) is 10.9. The second kappa shape index (κ2) is 7.22. The van der Waals surface area contributed by atoms with Crippen molar-refractivity contribution in [2.75, 3.05) is 7.05 Å². The quantitative estimate of drug-likeness (QED) is 0.336. The number of thioether (sulfide) groups is 1. The number of aromatic nitrogens is 3. The summed E-state index contributed by atoms with van der Waals surface area (Å²) in [4.78, 5) is 19.3. The van der Waals surface area contributed by atoms with E-state index in [0.717, 1.165) is 32.2 Å². The highest BCUT2D eigenvalue weighted by atomic mass is 32.2. The second-order valence-corrected chi connectivity index (χ2v) is 9.15. The molecule has 0 radical (unpaired) electrons. The minimum atomic E-state index is -0.0947. The topological polar surface area (TPSA) is 51.0 Å². The summed E-state index contributed by atoms with van der Waals surface area (Å²) in [7, 11) is 1.69. The van der Waals surface area contributed by atoms with Gasteiger partial charge >= 0.3 is 0 Å². The van der Waals surface area contributed by atoms with Crippen molar-refractivity contribution >= 4 is 61.8 Å². The van der Waals surface area contributed by atoms with Crippen LogP contribution in [0.4, 0.5) is 0 Å². The van der Waals surface area contributed by atoms with Gasteiger partial charge in [-0.2, -0.15) is 5.10 Å². The molecule has 0 unspecified atom stereocenters. The molecule has 0 atom stereocenters. The van der Waals surface area contributed by atoms with E-state index < -0.39 is 0 Å². The molecule has 0 N–H and O–H groups in total. The predicted molar refractivity (Wildman–Crippen MR) is 123 cm³/mol. The number of benzene rings is 2. The average Bonchev–Trinajstić information content (AvgIpc) is 3.42. The van der Waals surface area contributed by atoms with E-state index in [4.69, 9.17) is 22.3 Å². The van der Waals surface area contributed by atoms with Crippen molar-refractivity contribution in [1.82, 2.24) is 19.7 Å². The molecule has 1 saturated heterocycles. The van der Waals surface area contributed by atoms with Gasteiger partial charge in [0.25, 0.3) is 5.91 Å². The molecule has 0 saturated carbocycles. The zero-order valence-corrected chi connectivity index (χ0v) is 17.7.